The Labute approximate surface area is 145 Å². The van der Waals surface area contributed by atoms with Crippen molar-refractivity contribution in [2.75, 3.05) is 5.32 Å². The lowest BCUT2D eigenvalue weighted by Gasteiger charge is -2.23. The van der Waals surface area contributed by atoms with Crippen molar-refractivity contribution in [3.63, 3.8) is 0 Å². The van der Waals surface area contributed by atoms with Gasteiger partial charge in [0.15, 0.2) is 0 Å². The van der Waals surface area contributed by atoms with Crippen LogP contribution in [-0.4, -0.2) is 21.2 Å². The zero-order valence-electron chi connectivity index (χ0n) is 14.1. The van der Waals surface area contributed by atoms with Crippen molar-refractivity contribution in [2.24, 2.45) is 0 Å². The van der Waals surface area contributed by atoms with Gasteiger partial charge in [0.25, 0.3) is 0 Å². The van der Waals surface area contributed by atoms with Gasteiger partial charge in [-0.1, -0.05) is 47.6 Å². The third kappa shape index (κ3) is 4.10. The highest BCUT2D eigenvalue weighted by Gasteiger charge is 2.26. The highest BCUT2D eigenvalue weighted by atomic mass is 16.5. The molecule has 1 aromatic heterocycles. The Balaban J connectivity index is 1.71. The van der Waals surface area contributed by atoms with Gasteiger partial charge in [0, 0.05) is 18.2 Å². The summed E-state index contributed by atoms with van der Waals surface area (Å²) in [7, 11) is 0. The van der Waals surface area contributed by atoms with E-state index in [0.717, 1.165) is 5.56 Å². The van der Waals surface area contributed by atoms with Crippen molar-refractivity contribution in [1.29, 1.82) is 0 Å². The summed E-state index contributed by atoms with van der Waals surface area (Å²) in [6, 6.07) is 16.3. The number of hydrogen-bond donors (Lipinski definition) is 2. The second-order valence-corrected chi connectivity index (χ2v) is 6.08. The molecule has 1 unspecified atom stereocenters. The molecule has 6 heteroatoms. The molecule has 0 fully saturated rings. The van der Waals surface area contributed by atoms with Crippen LogP contribution in [0.15, 0.2) is 59.1 Å². The first-order valence-corrected chi connectivity index (χ1v) is 7.92. The molecule has 1 amide bonds. The molecule has 2 aromatic carbocycles. The van der Waals surface area contributed by atoms with E-state index in [-0.39, 0.29) is 12.3 Å². The maximum Gasteiger partial charge on any atom is 0.227 e. The van der Waals surface area contributed by atoms with E-state index in [0.29, 0.717) is 23.0 Å². The summed E-state index contributed by atoms with van der Waals surface area (Å²) in [4.78, 5) is 16.5. The fourth-order valence-electron chi connectivity index (χ4n) is 2.57. The lowest BCUT2D eigenvalue weighted by Crippen LogP contribution is -2.28. The maximum absolute atomic E-state index is 12.3. The third-order valence-corrected chi connectivity index (χ3v) is 3.83. The van der Waals surface area contributed by atoms with Gasteiger partial charge < -0.3 is 14.9 Å². The number of anilines is 1. The SMILES string of the molecule is Cc1nc(-c2cccc(NC(=O)CC(C)(O)c3ccccc3)c2)no1. The standard InChI is InChI=1S/C19H19N3O3/c1-13-20-18(22-25-13)14-7-6-10-16(11-14)21-17(23)12-19(2,24)15-8-4-3-5-9-15/h3-11,24H,12H2,1-2H3,(H,21,23). The van der Waals surface area contributed by atoms with Crippen molar-refractivity contribution in [3.05, 3.63) is 66.1 Å². The van der Waals surface area contributed by atoms with Gasteiger partial charge >= 0.3 is 0 Å². The molecule has 0 saturated heterocycles. The Kier molecular flexibility index (Phi) is 4.63. The van der Waals surface area contributed by atoms with Crippen LogP contribution in [0.25, 0.3) is 11.4 Å². The molecule has 0 aliphatic heterocycles. The van der Waals surface area contributed by atoms with Gasteiger partial charge in [-0.25, -0.2) is 0 Å². The Morgan fingerprint density at radius 3 is 2.64 bits per heavy atom. The largest absolute Gasteiger partial charge is 0.385 e. The summed E-state index contributed by atoms with van der Waals surface area (Å²) >= 11 is 0. The molecule has 2 N–H and O–H groups in total. The summed E-state index contributed by atoms with van der Waals surface area (Å²) < 4.78 is 4.97. The smallest absolute Gasteiger partial charge is 0.227 e. The van der Waals surface area contributed by atoms with Gasteiger partial charge in [-0.15, -0.1) is 0 Å². The average molecular weight is 337 g/mol. The second kappa shape index (κ2) is 6.86. The van der Waals surface area contributed by atoms with Crippen LogP contribution in [0.5, 0.6) is 0 Å². The summed E-state index contributed by atoms with van der Waals surface area (Å²) in [5, 5.41) is 17.2. The summed E-state index contributed by atoms with van der Waals surface area (Å²) in [6.45, 7) is 3.34. The molecule has 6 nitrogen and oxygen atoms in total. The molecule has 0 aliphatic carbocycles. The Morgan fingerprint density at radius 2 is 1.96 bits per heavy atom. The predicted octanol–water partition coefficient (Wildman–Crippen LogP) is 3.28. The van der Waals surface area contributed by atoms with Crippen LogP contribution < -0.4 is 5.32 Å². The minimum Gasteiger partial charge on any atom is -0.385 e. The quantitative estimate of drug-likeness (QED) is 0.746. The Morgan fingerprint density at radius 1 is 1.20 bits per heavy atom. The predicted molar refractivity (Wildman–Crippen MR) is 93.7 cm³/mol. The minimum atomic E-state index is -1.24. The molecular weight excluding hydrogens is 318 g/mol. The highest BCUT2D eigenvalue weighted by molar-refractivity contribution is 5.92. The lowest BCUT2D eigenvalue weighted by atomic mass is 9.92. The molecule has 0 aliphatic rings. The lowest BCUT2D eigenvalue weighted by molar-refractivity contribution is -0.120. The van der Waals surface area contributed by atoms with Gasteiger partial charge in [-0.05, 0) is 24.6 Å². The van der Waals surface area contributed by atoms with E-state index >= 15 is 0 Å². The van der Waals surface area contributed by atoms with Gasteiger partial charge in [-0.2, -0.15) is 4.98 Å². The van der Waals surface area contributed by atoms with Crippen LogP contribution in [0.2, 0.25) is 0 Å². The topological polar surface area (TPSA) is 88.2 Å². The fraction of sp³-hybridized carbons (Fsp3) is 0.211. The van der Waals surface area contributed by atoms with Crippen molar-refractivity contribution in [1.82, 2.24) is 10.1 Å². The van der Waals surface area contributed by atoms with Crippen LogP contribution in [-0.2, 0) is 10.4 Å². The second-order valence-electron chi connectivity index (χ2n) is 6.08. The first kappa shape index (κ1) is 16.9. The summed E-state index contributed by atoms with van der Waals surface area (Å²) in [6.07, 6.45) is -0.0530. The van der Waals surface area contributed by atoms with Crippen molar-refractivity contribution < 1.29 is 14.4 Å². The molecular formula is C19H19N3O3. The van der Waals surface area contributed by atoms with Crippen LogP contribution in [0, 0.1) is 6.92 Å². The molecule has 0 bridgehead atoms. The fourth-order valence-corrected chi connectivity index (χ4v) is 2.57. The number of nitrogens with zero attached hydrogens (tertiary/aromatic N) is 2. The number of aromatic nitrogens is 2. The normalized spacial score (nSPS) is 13.2. The number of benzene rings is 2. The molecule has 1 atom stereocenters. The van der Waals surface area contributed by atoms with E-state index in [1.165, 1.54) is 0 Å². The number of nitrogens with one attached hydrogen (secondary N) is 1. The highest BCUT2D eigenvalue weighted by Crippen LogP contribution is 2.25. The number of carbonyl (C=O) groups excluding carboxylic acids is 1. The van der Waals surface area contributed by atoms with Gasteiger partial charge in [0.1, 0.15) is 0 Å². The molecule has 0 radical (unpaired) electrons. The molecule has 3 aromatic rings. The molecule has 0 saturated carbocycles. The van der Waals surface area contributed by atoms with E-state index in [4.69, 9.17) is 4.52 Å². The average Bonchev–Trinajstić information content (AvgIpc) is 3.02. The van der Waals surface area contributed by atoms with Crippen LogP contribution in [0.3, 0.4) is 0 Å². The van der Waals surface area contributed by atoms with Gasteiger partial charge in [0.2, 0.25) is 17.6 Å². The summed E-state index contributed by atoms with van der Waals surface area (Å²) in [5.74, 6) is 0.656. The number of carbonyl (C=O) groups is 1. The van der Waals surface area contributed by atoms with E-state index in [2.05, 4.69) is 15.5 Å². The number of aliphatic hydroxyl groups is 1. The Hall–Kier alpha value is -2.99. The zero-order valence-corrected chi connectivity index (χ0v) is 14.1. The molecule has 128 valence electrons. The van der Waals surface area contributed by atoms with Crippen molar-refractivity contribution >= 4 is 11.6 Å². The zero-order chi connectivity index (χ0) is 17.9. The van der Waals surface area contributed by atoms with Crippen LogP contribution in [0.1, 0.15) is 24.8 Å². The molecule has 3 rings (SSSR count). The number of aryl methyl sites for hydroxylation is 1. The van der Waals surface area contributed by atoms with E-state index in [9.17, 15) is 9.90 Å². The van der Waals surface area contributed by atoms with E-state index in [1.807, 2.05) is 24.3 Å². The maximum atomic E-state index is 12.3. The van der Waals surface area contributed by atoms with Crippen LogP contribution in [0.4, 0.5) is 5.69 Å². The van der Waals surface area contributed by atoms with Gasteiger partial charge in [-0.3, -0.25) is 4.79 Å². The van der Waals surface area contributed by atoms with Crippen LogP contribution >= 0.6 is 0 Å². The minimum absolute atomic E-state index is 0.0530. The summed E-state index contributed by atoms with van der Waals surface area (Å²) in [5.41, 5.74) is 0.799. The first-order chi connectivity index (χ1) is 11.9. The number of hydrogen-bond acceptors (Lipinski definition) is 5. The molecule has 0 spiro atoms. The van der Waals surface area contributed by atoms with E-state index in [1.54, 1.807) is 44.2 Å². The Bertz CT molecular complexity index is 872. The number of rotatable bonds is 5. The first-order valence-electron chi connectivity index (χ1n) is 7.92. The third-order valence-electron chi connectivity index (χ3n) is 3.83. The van der Waals surface area contributed by atoms with Crippen molar-refractivity contribution in [2.45, 2.75) is 25.9 Å². The number of amides is 1. The monoisotopic (exact) mass is 337 g/mol. The molecule has 1 heterocycles. The van der Waals surface area contributed by atoms with Gasteiger partial charge in [0.05, 0.1) is 12.0 Å². The van der Waals surface area contributed by atoms with E-state index < -0.39 is 5.60 Å². The van der Waals surface area contributed by atoms with Crippen molar-refractivity contribution in [3.8, 4) is 11.4 Å². The molecule has 25 heavy (non-hydrogen) atoms.